The Bertz CT molecular complexity index is 803. The molecule has 0 bridgehead atoms. The van der Waals surface area contributed by atoms with Gasteiger partial charge in [-0.25, -0.2) is 0 Å². The van der Waals surface area contributed by atoms with Gasteiger partial charge in [-0.3, -0.25) is 0 Å². The Kier molecular flexibility index (Phi) is 6.65. The van der Waals surface area contributed by atoms with Crippen LogP contribution in [0, 0.1) is 5.41 Å². The minimum atomic E-state index is -1.79. The summed E-state index contributed by atoms with van der Waals surface area (Å²) in [6.45, 7) is 10.9. The SMILES string of the molecule is CC(C)(C)c1ccc(C(O)(c2ccccc2)C(CO)(CO)CO)c(C(C)(C)C)c1. The Morgan fingerprint density at radius 1 is 0.621 bits per heavy atom. The van der Waals surface area contributed by atoms with Gasteiger partial charge in [0.1, 0.15) is 5.60 Å². The first-order chi connectivity index (χ1) is 13.4. The summed E-state index contributed by atoms with van der Waals surface area (Å²) in [5.74, 6) is 0. The zero-order valence-corrected chi connectivity index (χ0v) is 18.5. The van der Waals surface area contributed by atoms with Crippen LogP contribution in [-0.4, -0.2) is 40.2 Å². The minimum absolute atomic E-state index is 0.0780. The maximum Gasteiger partial charge on any atom is 0.127 e. The Hall–Kier alpha value is -1.72. The smallest absolute Gasteiger partial charge is 0.127 e. The molecule has 2 rings (SSSR count). The van der Waals surface area contributed by atoms with Crippen molar-refractivity contribution in [2.75, 3.05) is 19.8 Å². The highest BCUT2D eigenvalue weighted by molar-refractivity contribution is 5.48. The molecule has 4 heteroatoms. The Labute approximate surface area is 174 Å². The van der Waals surface area contributed by atoms with Crippen LogP contribution in [0.25, 0.3) is 0 Å². The van der Waals surface area contributed by atoms with Crippen molar-refractivity contribution in [3.05, 3.63) is 70.8 Å². The van der Waals surface area contributed by atoms with E-state index < -0.39 is 30.8 Å². The van der Waals surface area contributed by atoms with Gasteiger partial charge in [0.15, 0.2) is 0 Å². The largest absolute Gasteiger partial charge is 0.395 e. The minimum Gasteiger partial charge on any atom is -0.395 e. The molecule has 4 N–H and O–H groups in total. The average molecular weight is 401 g/mol. The molecule has 0 fully saturated rings. The third kappa shape index (κ3) is 4.13. The van der Waals surface area contributed by atoms with E-state index in [0.29, 0.717) is 11.1 Å². The van der Waals surface area contributed by atoms with E-state index in [2.05, 4.69) is 47.6 Å². The van der Waals surface area contributed by atoms with Crippen LogP contribution in [0.1, 0.15) is 63.8 Å². The van der Waals surface area contributed by atoms with Gasteiger partial charge in [-0.1, -0.05) is 90.1 Å². The first kappa shape index (κ1) is 23.6. The molecule has 0 saturated heterocycles. The molecule has 2 aromatic rings. The van der Waals surface area contributed by atoms with Gasteiger partial charge in [0.25, 0.3) is 0 Å². The van der Waals surface area contributed by atoms with Crippen molar-refractivity contribution in [1.29, 1.82) is 0 Å². The van der Waals surface area contributed by atoms with E-state index in [-0.39, 0.29) is 10.8 Å². The van der Waals surface area contributed by atoms with Gasteiger partial charge in [0.2, 0.25) is 0 Å². The molecule has 0 spiro atoms. The van der Waals surface area contributed by atoms with Crippen molar-refractivity contribution in [3.63, 3.8) is 0 Å². The fourth-order valence-electron chi connectivity index (χ4n) is 3.87. The molecule has 0 aliphatic rings. The third-order valence-electron chi connectivity index (χ3n) is 5.95. The lowest BCUT2D eigenvalue weighted by Crippen LogP contribution is -2.55. The lowest BCUT2D eigenvalue weighted by molar-refractivity contribution is -0.136. The summed E-state index contributed by atoms with van der Waals surface area (Å²) in [6.07, 6.45) is 0. The van der Waals surface area contributed by atoms with Crippen molar-refractivity contribution in [2.45, 2.75) is 58.0 Å². The van der Waals surface area contributed by atoms with Crippen LogP contribution < -0.4 is 0 Å². The zero-order valence-electron chi connectivity index (χ0n) is 18.5. The molecule has 0 amide bonds. The molecule has 2 aromatic carbocycles. The summed E-state index contributed by atoms with van der Waals surface area (Å²) in [4.78, 5) is 0. The van der Waals surface area contributed by atoms with Crippen LogP contribution >= 0.6 is 0 Å². The quantitative estimate of drug-likeness (QED) is 0.598. The van der Waals surface area contributed by atoms with E-state index in [0.717, 1.165) is 11.1 Å². The number of aliphatic hydroxyl groups excluding tert-OH is 3. The molecule has 0 saturated carbocycles. The first-order valence-corrected chi connectivity index (χ1v) is 10.1. The van der Waals surface area contributed by atoms with Crippen LogP contribution in [-0.2, 0) is 16.4 Å². The normalized spacial score (nSPS) is 15.2. The molecule has 29 heavy (non-hydrogen) atoms. The second-order valence-corrected chi connectivity index (χ2v) is 10.1. The monoisotopic (exact) mass is 400 g/mol. The van der Waals surface area contributed by atoms with Crippen molar-refractivity contribution in [3.8, 4) is 0 Å². The molecule has 0 aliphatic heterocycles. The van der Waals surface area contributed by atoms with E-state index >= 15 is 0 Å². The molecule has 0 heterocycles. The van der Waals surface area contributed by atoms with Crippen molar-refractivity contribution in [2.24, 2.45) is 5.41 Å². The second kappa shape index (κ2) is 8.19. The highest BCUT2D eigenvalue weighted by atomic mass is 16.3. The molecular formula is C25H36O4. The van der Waals surface area contributed by atoms with Crippen LogP contribution in [0.15, 0.2) is 48.5 Å². The number of hydrogen-bond acceptors (Lipinski definition) is 4. The lowest BCUT2D eigenvalue weighted by atomic mass is 9.62. The summed E-state index contributed by atoms with van der Waals surface area (Å²) in [5, 5.41) is 42.9. The summed E-state index contributed by atoms with van der Waals surface area (Å²) in [5.41, 5.74) is -0.590. The average Bonchev–Trinajstić information content (AvgIpc) is 2.68. The fourth-order valence-corrected chi connectivity index (χ4v) is 3.87. The van der Waals surface area contributed by atoms with Crippen LogP contribution in [0.5, 0.6) is 0 Å². The summed E-state index contributed by atoms with van der Waals surface area (Å²) < 4.78 is 0. The maximum absolute atomic E-state index is 12.2. The number of aliphatic hydroxyl groups is 4. The molecule has 0 aliphatic carbocycles. The van der Waals surface area contributed by atoms with Crippen LogP contribution in [0.4, 0.5) is 0 Å². The third-order valence-corrected chi connectivity index (χ3v) is 5.95. The maximum atomic E-state index is 12.2. The van der Waals surface area contributed by atoms with E-state index in [4.69, 9.17) is 0 Å². The van der Waals surface area contributed by atoms with Gasteiger partial charge < -0.3 is 20.4 Å². The van der Waals surface area contributed by atoms with Crippen molar-refractivity contribution < 1.29 is 20.4 Å². The Morgan fingerprint density at radius 3 is 1.55 bits per heavy atom. The van der Waals surface area contributed by atoms with E-state index in [1.54, 1.807) is 24.3 Å². The van der Waals surface area contributed by atoms with E-state index in [1.807, 2.05) is 18.2 Å². The molecule has 1 atom stereocenters. The van der Waals surface area contributed by atoms with Gasteiger partial charge >= 0.3 is 0 Å². The lowest BCUT2D eigenvalue weighted by Gasteiger charge is -2.47. The molecular weight excluding hydrogens is 364 g/mol. The van der Waals surface area contributed by atoms with Gasteiger partial charge in [-0.2, -0.15) is 0 Å². The second-order valence-electron chi connectivity index (χ2n) is 10.1. The Morgan fingerprint density at radius 2 is 1.14 bits per heavy atom. The molecule has 4 nitrogen and oxygen atoms in total. The summed E-state index contributed by atoms with van der Waals surface area (Å²) in [7, 11) is 0. The number of benzene rings is 2. The van der Waals surface area contributed by atoms with Crippen molar-refractivity contribution >= 4 is 0 Å². The first-order valence-electron chi connectivity index (χ1n) is 10.1. The van der Waals surface area contributed by atoms with E-state index in [9.17, 15) is 20.4 Å². The van der Waals surface area contributed by atoms with Gasteiger partial charge in [-0.15, -0.1) is 0 Å². The van der Waals surface area contributed by atoms with Gasteiger partial charge in [-0.05, 0) is 33.1 Å². The standard InChI is InChI=1S/C25H36O4/c1-22(2,3)19-12-13-20(21(14-19)23(4,5)6)25(29,18-10-8-7-9-11-18)24(15-26,16-27)17-28/h7-14,26-29H,15-17H2,1-6H3. The molecule has 160 valence electrons. The van der Waals surface area contributed by atoms with Crippen LogP contribution in [0.3, 0.4) is 0 Å². The fraction of sp³-hybridized carbons (Fsp3) is 0.520. The number of hydrogen-bond donors (Lipinski definition) is 4. The topological polar surface area (TPSA) is 80.9 Å². The summed E-state index contributed by atoms with van der Waals surface area (Å²) >= 11 is 0. The van der Waals surface area contributed by atoms with Gasteiger partial charge in [0, 0.05) is 0 Å². The Balaban J connectivity index is 2.96. The van der Waals surface area contributed by atoms with E-state index in [1.165, 1.54) is 0 Å². The highest BCUT2D eigenvalue weighted by Crippen LogP contribution is 2.48. The highest BCUT2D eigenvalue weighted by Gasteiger charge is 2.53. The van der Waals surface area contributed by atoms with Crippen LogP contribution in [0.2, 0.25) is 0 Å². The summed E-state index contributed by atoms with van der Waals surface area (Å²) in [6, 6.07) is 14.9. The molecule has 1 unspecified atom stereocenters. The molecule has 0 radical (unpaired) electrons. The number of rotatable bonds is 6. The molecule has 0 aromatic heterocycles. The zero-order chi connectivity index (χ0) is 22.1. The predicted octanol–water partition coefficient (Wildman–Crippen LogP) is 3.48. The van der Waals surface area contributed by atoms with Gasteiger partial charge in [0.05, 0.1) is 25.2 Å². The van der Waals surface area contributed by atoms with Crippen molar-refractivity contribution in [1.82, 2.24) is 0 Å². The predicted molar refractivity (Wildman–Crippen MR) is 117 cm³/mol.